The molecule has 0 saturated carbocycles. The van der Waals surface area contributed by atoms with E-state index in [1.165, 1.54) is 24.3 Å². The topological polar surface area (TPSA) is 63.7 Å². The standard InChI is InChI=1S/C24H23F4N3O3S/c25-20-13-18(34-14-16-1-3-17(4-2-16)24(26,27)28)5-6-19(20)23-30-21(15-35-23)22(32)29-7-8-31-9-11-33-12-10-31/h1-6,13,15H,7-12,14H2,(H,29,32). The fourth-order valence-electron chi connectivity index (χ4n) is 3.46. The van der Waals surface area contributed by atoms with Crippen LogP contribution in [0.1, 0.15) is 21.6 Å². The number of rotatable bonds is 8. The van der Waals surface area contributed by atoms with E-state index in [-0.39, 0.29) is 29.5 Å². The molecule has 1 N–H and O–H groups in total. The summed E-state index contributed by atoms with van der Waals surface area (Å²) in [6.45, 7) is 4.23. The van der Waals surface area contributed by atoms with Gasteiger partial charge in [0.25, 0.3) is 5.91 Å². The van der Waals surface area contributed by atoms with Gasteiger partial charge in [0, 0.05) is 43.2 Å². The van der Waals surface area contributed by atoms with Gasteiger partial charge in [-0.15, -0.1) is 11.3 Å². The van der Waals surface area contributed by atoms with Crippen LogP contribution in [0.2, 0.25) is 0 Å². The third-order valence-electron chi connectivity index (χ3n) is 5.41. The van der Waals surface area contributed by atoms with Crippen molar-refractivity contribution in [3.05, 3.63) is 70.5 Å². The van der Waals surface area contributed by atoms with Crippen LogP contribution in [0.3, 0.4) is 0 Å². The van der Waals surface area contributed by atoms with E-state index < -0.39 is 17.6 Å². The number of nitrogens with one attached hydrogen (secondary N) is 1. The number of carbonyl (C=O) groups is 1. The van der Waals surface area contributed by atoms with E-state index in [4.69, 9.17) is 9.47 Å². The van der Waals surface area contributed by atoms with Gasteiger partial charge >= 0.3 is 6.18 Å². The van der Waals surface area contributed by atoms with Crippen molar-refractivity contribution in [1.29, 1.82) is 0 Å². The first-order valence-electron chi connectivity index (χ1n) is 10.9. The molecule has 4 rings (SSSR count). The lowest BCUT2D eigenvalue weighted by Crippen LogP contribution is -2.41. The second-order valence-electron chi connectivity index (χ2n) is 7.87. The summed E-state index contributed by atoms with van der Waals surface area (Å²) < 4.78 is 63.5. The first kappa shape index (κ1) is 25.1. The Morgan fingerprint density at radius 1 is 1.14 bits per heavy atom. The van der Waals surface area contributed by atoms with Crippen molar-refractivity contribution in [1.82, 2.24) is 15.2 Å². The first-order chi connectivity index (χ1) is 16.8. The number of halogens is 4. The van der Waals surface area contributed by atoms with Crippen molar-refractivity contribution in [2.24, 2.45) is 0 Å². The molecule has 1 aliphatic heterocycles. The molecule has 1 fully saturated rings. The third-order valence-corrected chi connectivity index (χ3v) is 6.29. The molecule has 2 heterocycles. The lowest BCUT2D eigenvalue weighted by atomic mass is 10.1. The number of aromatic nitrogens is 1. The van der Waals surface area contributed by atoms with Crippen molar-refractivity contribution >= 4 is 17.2 Å². The Hall–Kier alpha value is -3.02. The second kappa shape index (κ2) is 11.1. The molecule has 35 heavy (non-hydrogen) atoms. The predicted molar refractivity (Wildman–Crippen MR) is 123 cm³/mol. The molecule has 3 aromatic rings. The molecule has 1 amide bonds. The molecule has 186 valence electrons. The molecule has 1 aromatic heterocycles. The summed E-state index contributed by atoms with van der Waals surface area (Å²) in [5.74, 6) is -0.676. The highest BCUT2D eigenvalue weighted by atomic mass is 32.1. The third kappa shape index (κ3) is 6.77. The van der Waals surface area contributed by atoms with Gasteiger partial charge in [-0.05, 0) is 29.8 Å². The minimum atomic E-state index is -4.41. The maximum atomic E-state index is 14.7. The van der Waals surface area contributed by atoms with E-state index in [0.29, 0.717) is 36.9 Å². The summed E-state index contributed by atoms with van der Waals surface area (Å²) in [7, 11) is 0. The highest BCUT2D eigenvalue weighted by Gasteiger charge is 2.29. The normalized spacial score (nSPS) is 14.6. The van der Waals surface area contributed by atoms with E-state index in [1.807, 2.05) is 0 Å². The zero-order valence-electron chi connectivity index (χ0n) is 18.6. The van der Waals surface area contributed by atoms with E-state index in [1.54, 1.807) is 11.4 Å². The van der Waals surface area contributed by atoms with Crippen LogP contribution in [0.15, 0.2) is 47.8 Å². The van der Waals surface area contributed by atoms with Crippen LogP contribution in [0, 0.1) is 5.82 Å². The Morgan fingerprint density at radius 3 is 2.57 bits per heavy atom. The molecule has 1 aliphatic rings. The number of morpholine rings is 1. The molecule has 0 unspecified atom stereocenters. The summed E-state index contributed by atoms with van der Waals surface area (Å²) in [4.78, 5) is 18.8. The second-order valence-corrected chi connectivity index (χ2v) is 8.73. The van der Waals surface area contributed by atoms with E-state index >= 15 is 0 Å². The van der Waals surface area contributed by atoms with Crippen LogP contribution in [0.5, 0.6) is 5.75 Å². The Balaban J connectivity index is 1.31. The summed E-state index contributed by atoms with van der Waals surface area (Å²) in [5, 5.41) is 4.76. The summed E-state index contributed by atoms with van der Waals surface area (Å²) in [6.07, 6.45) is -4.41. The molecule has 11 heteroatoms. The molecule has 6 nitrogen and oxygen atoms in total. The highest BCUT2D eigenvalue weighted by Crippen LogP contribution is 2.31. The van der Waals surface area contributed by atoms with Gasteiger partial charge in [0.2, 0.25) is 0 Å². The number of amides is 1. The van der Waals surface area contributed by atoms with Crippen molar-refractivity contribution in [2.75, 3.05) is 39.4 Å². The zero-order chi connectivity index (χ0) is 24.8. The molecule has 0 aliphatic carbocycles. The maximum absolute atomic E-state index is 14.7. The van der Waals surface area contributed by atoms with Gasteiger partial charge in [0.05, 0.1) is 18.8 Å². The predicted octanol–water partition coefficient (Wildman–Crippen LogP) is 4.61. The number of alkyl halides is 3. The van der Waals surface area contributed by atoms with Crippen LogP contribution >= 0.6 is 11.3 Å². The Kier molecular flexibility index (Phi) is 7.99. The van der Waals surface area contributed by atoms with Crippen molar-refractivity contribution in [3.8, 4) is 16.3 Å². The molecule has 0 bridgehead atoms. The minimum absolute atomic E-state index is 0.0110. The fourth-order valence-corrected chi connectivity index (χ4v) is 4.29. The lowest BCUT2D eigenvalue weighted by Gasteiger charge is -2.26. The van der Waals surface area contributed by atoms with Crippen LogP contribution in [-0.4, -0.2) is 55.2 Å². The first-order valence-corrected chi connectivity index (χ1v) is 11.8. The van der Waals surface area contributed by atoms with Gasteiger partial charge < -0.3 is 14.8 Å². The van der Waals surface area contributed by atoms with Gasteiger partial charge in [0.15, 0.2) is 0 Å². The Bertz CT molecular complexity index is 1150. The maximum Gasteiger partial charge on any atom is 0.416 e. The van der Waals surface area contributed by atoms with Crippen molar-refractivity contribution in [3.63, 3.8) is 0 Å². The average Bonchev–Trinajstić information content (AvgIpc) is 3.33. The lowest BCUT2D eigenvalue weighted by molar-refractivity contribution is -0.137. The summed E-state index contributed by atoms with van der Waals surface area (Å²) in [5.41, 5.74) is 0.218. The number of thiazole rings is 1. The largest absolute Gasteiger partial charge is 0.489 e. The monoisotopic (exact) mass is 509 g/mol. The van der Waals surface area contributed by atoms with Gasteiger partial charge in [0.1, 0.15) is 28.9 Å². The molecule has 0 atom stereocenters. The van der Waals surface area contributed by atoms with Gasteiger partial charge in [-0.1, -0.05) is 12.1 Å². The molecule has 2 aromatic carbocycles. The van der Waals surface area contributed by atoms with E-state index in [2.05, 4.69) is 15.2 Å². The minimum Gasteiger partial charge on any atom is -0.489 e. The SMILES string of the molecule is O=C(NCCN1CCOCC1)c1csc(-c2ccc(OCc3ccc(C(F)(F)F)cc3)cc2F)n1. The smallest absolute Gasteiger partial charge is 0.416 e. The quantitative estimate of drug-likeness (QED) is 0.450. The highest BCUT2D eigenvalue weighted by molar-refractivity contribution is 7.13. The average molecular weight is 510 g/mol. The summed E-state index contributed by atoms with van der Waals surface area (Å²) in [6, 6.07) is 8.81. The zero-order valence-corrected chi connectivity index (χ0v) is 19.4. The van der Waals surface area contributed by atoms with Crippen LogP contribution in [-0.2, 0) is 17.5 Å². The number of benzene rings is 2. The number of hydrogen-bond acceptors (Lipinski definition) is 6. The van der Waals surface area contributed by atoms with Gasteiger partial charge in [-0.3, -0.25) is 9.69 Å². The Morgan fingerprint density at radius 2 is 1.89 bits per heavy atom. The fraction of sp³-hybridized carbons (Fsp3) is 0.333. The number of nitrogens with zero attached hydrogens (tertiary/aromatic N) is 2. The van der Waals surface area contributed by atoms with E-state index in [0.717, 1.165) is 36.6 Å². The van der Waals surface area contributed by atoms with Crippen molar-refractivity contribution in [2.45, 2.75) is 12.8 Å². The molecule has 0 radical (unpaired) electrons. The van der Waals surface area contributed by atoms with Crippen LogP contribution in [0.4, 0.5) is 17.6 Å². The van der Waals surface area contributed by atoms with E-state index in [9.17, 15) is 22.4 Å². The van der Waals surface area contributed by atoms with Crippen LogP contribution in [0.25, 0.3) is 10.6 Å². The molecular formula is C24H23F4N3O3S. The molecular weight excluding hydrogens is 486 g/mol. The number of ether oxygens (including phenoxy) is 2. The summed E-state index contributed by atoms with van der Waals surface area (Å²) >= 11 is 1.15. The molecule has 1 saturated heterocycles. The van der Waals surface area contributed by atoms with Crippen molar-refractivity contribution < 1.29 is 31.8 Å². The molecule has 0 spiro atoms. The number of hydrogen-bond donors (Lipinski definition) is 1. The van der Waals surface area contributed by atoms with Crippen LogP contribution < -0.4 is 10.1 Å². The Labute approximate surface area is 203 Å². The van der Waals surface area contributed by atoms with Gasteiger partial charge in [-0.2, -0.15) is 13.2 Å². The number of carbonyl (C=O) groups excluding carboxylic acids is 1. The van der Waals surface area contributed by atoms with Gasteiger partial charge in [-0.25, -0.2) is 9.37 Å².